The number of methoxy groups -OCH3 is 1. The van der Waals surface area contributed by atoms with Crippen LogP contribution in [0.25, 0.3) is 0 Å². The van der Waals surface area contributed by atoms with Gasteiger partial charge < -0.3 is 25.4 Å². The summed E-state index contributed by atoms with van der Waals surface area (Å²) in [6, 6.07) is 12.6. The molecule has 2 atom stereocenters. The lowest BCUT2D eigenvalue weighted by atomic mass is 9.90. The van der Waals surface area contributed by atoms with Crippen molar-refractivity contribution in [2.75, 3.05) is 12.4 Å². The van der Waals surface area contributed by atoms with Gasteiger partial charge in [-0.3, -0.25) is 4.79 Å². The van der Waals surface area contributed by atoms with Gasteiger partial charge in [-0.1, -0.05) is 31.0 Å². The van der Waals surface area contributed by atoms with Gasteiger partial charge in [-0.25, -0.2) is 9.78 Å². The van der Waals surface area contributed by atoms with E-state index in [1.165, 1.54) is 11.3 Å². The third kappa shape index (κ3) is 6.75. The predicted molar refractivity (Wildman–Crippen MR) is 141 cm³/mol. The second kappa shape index (κ2) is 11.9. The van der Waals surface area contributed by atoms with Crippen molar-refractivity contribution in [3.8, 4) is 11.5 Å². The third-order valence-corrected chi connectivity index (χ3v) is 6.92. The van der Waals surface area contributed by atoms with Gasteiger partial charge in [-0.15, -0.1) is 11.3 Å². The van der Waals surface area contributed by atoms with Gasteiger partial charge in [0, 0.05) is 11.4 Å². The Morgan fingerprint density at radius 1 is 1.03 bits per heavy atom. The summed E-state index contributed by atoms with van der Waals surface area (Å²) in [5, 5.41) is 11.4. The Morgan fingerprint density at radius 2 is 1.72 bits per heavy atom. The first-order valence-electron chi connectivity index (χ1n) is 12.1. The fraction of sp³-hybridized carbons (Fsp3) is 0.370. The molecule has 9 heteroatoms. The quantitative estimate of drug-likeness (QED) is 0.388. The van der Waals surface area contributed by atoms with Crippen LogP contribution in [-0.2, 0) is 6.61 Å². The average molecular weight is 509 g/mol. The number of thiazole rings is 1. The van der Waals surface area contributed by atoms with Gasteiger partial charge in [0.15, 0.2) is 0 Å². The molecule has 36 heavy (non-hydrogen) atoms. The summed E-state index contributed by atoms with van der Waals surface area (Å²) in [5.74, 6) is 1.13. The summed E-state index contributed by atoms with van der Waals surface area (Å²) >= 11 is 1.40. The molecule has 0 bridgehead atoms. The number of aryl methyl sites for hydroxylation is 2. The molecular formula is C27H32N4O4S. The van der Waals surface area contributed by atoms with Crippen LogP contribution in [0.3, 0.4) is 0 Å². The topological polar surface area (TPSA) is 102 Å². The highest BCUT2D eigenvalue weighted by atomic mass is 32.1. The Morgan fingerprint density at radius 3 is 2.44 bits per heavy atom. The van der Waals surface area contributed by atoms with Crippen molar-refractivity contribution in [2.24, 2.45) is 0 Å². The zero-order valence-electron chi connectivity index (χ0n) is 20.8. The van der Waals surface area contributed by atoms with Crippen molar-refractivity contribution in [3.63, 3.8) is 0 Å². The maximum absolute atomic E-state index is 12.9. The molecule has 0 saturated heterocycles. The number of nitrogens with one attached hydrogen (secondary N) is 3. The fourth-order valence-corrected chi connectivity index (χ4v) is 5.12. The minimum atomic E-state index is -0.329. The Labute approximate surface area is 215 Å². The summed E-state index contributed by atoms with van der Waals surface area (Å²) in [6.07, 6.45) is 3.56. The van der Waals surface area contributed by atoms with E-state index >= 15 is 0 Å². The molecule has 1 fully saturated rings. The van der Waals surface area contributed by atoms with Gasteiger partial charge in [-0.2, -0.15) is 0 Å². The van der Waals surface area contributed by atoms with Gasteiger partial charge in [0.05, 0.1) is 18.8 Å². The van der Waals surface area contributed by atoms with E-state index in [4.69, 9.17) is 9.47 Å². The highest BCUT2D eigenvalue weighted by molar-refractivity contribution is 7.09. The van der Waals surface area contributed by atoms with Gasteiger partial charge in [0.1, 0.15) is 28.8 Å². The standard InChI is InChI=1S/C27H32N4O4S/c1-17-12-18(2)14-19(13-17)35-15-25-28-23(16-36-25)26(32)29-20-8-4-5-9-21(20)30-27(33)31-22-10-6-7-11-24(22)34-3/h6-7,10-14,16,20-21H,4-5,8-9,15H2,1-3H3,(H,29,32)(H2,30,31,33)/t20-,21-/m0/s1. The molecule has 1 aromatic heterocycles. The Balaban J connectivity index is 1.32. The van der Waals surface area contributed by atoms with E-state index in [0.29, 0.717) is 23.7 Å². The molecule has 4 rings (SSSR count). The normalized spacial score (nSPS) is 17.2. The lowest BCUT2D eigenvalue weighted by Crippen LogP contribution is -2.54. The van der Waals surface area contributed by atoms with Crippen LogP contribution in [0.15, 0.2) is 47.8 Å². The van der Waals surface area contributed by atoms with E-state index in [0.717, 1.165) is 47.6 Å². The highest BCUT2D eigenvalue weighted by Crippen LogP contribution is 2.24. The maximum Gasteiger partial charge on any atom is 0.319 e. The van der Waals surface area contributed by atoms with Crippen LogP contribution >= 0.6 is 11.3 Å². The molecule has 1 aliphatic carbocycles. The van der Waals surface area contributed by atoms with Crippen LogP contribution in [0.4, 0.5) is 10.5 Å². The number of nitrogens with zero attached hydrogens (tertiary/aromatic N) is 1. The molecule has 1 saturated carbocycles. The number of aromatic nitrogens is 1. The van der Waals surface area contributed by atoms with Crippen molar-refractivity contribution in [2.45, 2.75) is 58.2 Å². The third-order valence-electron chi connectivity index (χ3n) is 6.10. The second-order valence-electron chi connectivity index (χ2n) is 9.01. The van der Waals surface area contributed by atoms with Gasteiger partial charge in [-0.05, 0) is 62.1 Å². The van der Waals surface area contributed by atoms with E-state index in [-0.39, 0.29) is 24.0 Å². The molecular weight excluding hydrogens is 476 g/mol. The van der Waals surface area contributed by atoms with Crippen molar-refractivity contribution >= 4 is 29.0 Å². The molecule has 0 aliphatic heterocycles. The van der Waals surface area contributed by atoms with Crippen molar-refractivity contribution < 1.29 is 19.1 Å². The smallest absolute Gasteiger partial charge is 0.319 e. The Bertz CT molecular complexity index is 1190. The number of ether oxygens (including phenoxy) is 2. The number of hydrogen-bond donors (Lipinski definition) is 3. The Hall–Kier alpha value is -3.59. The van der Waals surface area contributed by atoms with E-state index in [2.05, 4.69) is 27.0 Å². The molecule has 2 aromatic carbocycles. The zero-order chi connectivity index (χ0) is 25.5. The first kappa shape index (κ1) is 25.5. The molecule has 3 N–H and O–H groups in total. The largest absolute Gasteiger partial charge is 0.495 e. The van der Waals surface area contributed by atoms with E-state index in [9.17, 15) is 9.59 Å². The molecule has 0 radical (unpaired) electrons. The maximum atomic E-state index is 12.9. The fourth-order valence-electron chi connectivity index (χ4n) is 4.44. The number of amides is 3. The summed E-state index contributed by atoms with van der Waals surface area (Å²) in [5.41, 5.74) is 3.22. The number of carbonyl (C=O) groups excluding carboxylic acids is 2. The summed E-state index contributed by atoms with van der Waals surface area (Å²) in [4.78, 5) is 30.1. The van der Waals surface area contributed by atoms with Crippen molar-refractivity contribution in [1.82, 2.24) is 15.6 Å². The van der Waals surface area contributed by atoms with E-state index in [1.807, 2.05) is 38.1 Å². The monoisotopic (exact) mass is 508 g/mol. The van der Waals surface area contributed by atoms with Gasteiger partial charge in [0.2, 0.25) is 0 Å². The lowest BCUT2D eigenvalue weighted by molar-refractivity contribution is 0.0911. The molecule has 3 aromatic rings. The number of carbonyl (C=O) groups is 2. The predicted octanol–water partition coefficient (Wildman–Crippen LogP) is 5.21. The first-order valence-corrected chi connectivity index (χ1v) is 13.0. The van der Waals surface area contributed by atoms with Crippen molar-refractivity contribution in [1.29, 1.82) is 0 Å². The lowest BCUT2D eigenvalue weighted by Gasteiger charge is -2.32. The molecule has 190 valence electrons. The minimum absolute atomic E-state index is 0.175. The molecule has 3 amide bonds. The molecule has 8 nitrogen and oxygen atoms in total. The van der Waals surface area contributed by atoms with Gasteiger partial charge in [0.25, 0.3) is 5.91 Å². The summed E-state index contributed by atoms with van der Waals surface area (Å²) in [6.45, 7) is 4.36. The SMILES string of the molecule is COc1ccccc1NC(=O)N[C@H]1CCCC[C@@H]1NC(=O)c1csc(COc2cc(C)cc(C)c2)n1. The highest BCUT2D eigenvalue weighted by Gasteiger charge is 2.29. The minimum Gasteiger partial charge on any atom is -0.495 e. The van der Waals surface area contributed by atoms with Crippen LogP contribution in [0.5, 0.6) is 11.5 Å². The van der Waals surface area contributed by atoms with Crippen LogP contribution in [0.2, 0.25) is 0 Å². The molecule has 1 heterocycles. The zero-order valence-corrected chi connectivity index (χ0v) is 21.6. The summed E-state index contributed by atoms with van der Waals surface area (Å²) < 4.78 is 11.2. The molecule has 0 spiro atoms. The van der Waals surface area contributed by atoms with Crippen molar-refractivity contribution in [3.05, 3.63) is 69.7 Å². The number of anilines is 1. The van der Waals surface area contributed by atoms with Gasteiger partial charge >= 0.3 is 6.03 Å². The number of para-hydroxylation sites is 2. The van der Waals surface area contributed by atoms with Crippen LogP contribution in [0.1, 0.15) is 52.3 Å². The average Bonchev–Trinajstić information content (AvgIpc) is 3.33. The Kier molecular flexibility index (Phi) is 8.43. The van der Waals surface area contributed by atoms with Crippen LogP contribution in [0, 0.1) is 13.8 Å². The van der Waals surface area contributed by atoms with Crippen LogP contribution in [-0.4, -0.2) is 36.1 Å². The van der Waals surface area contributed by atoms with Crippen LogP contribution < -0.4 is 25.4 Å². The first-order chi connectivity index (χ1) is 17.4. The van der Waals surface area contributed by atoms with E-state index in [1.54, 1.807) is 24.6 Å². The molecule has 1 aliphatic rings. The number of urea groups is 1. The summed E-state index contributed by atoms with van der Waals surface area (Å²) in [7, 11) is 1.56. The molecule has 0 unspecified atom stereocenters. The number of rotatable bonds is 8. The second-order valence-corrected chi connectivity index (χ2v) is 9.95. The number of benzene rings is 2. The van der Waals surface area contributed by atoms with E-state index < -0.39 is 0 Å². The number of hydrogen-bond acceptors (Lipinski definition) is 6.